The zero-order valence-corrected chi connectivity index (χ0v) is 12.4. The summed E-state index contributed by atoms with van der Waals surface area (Å²) in [5.74, 6) is 1.55. The van der Waals surface area contributed by atoms with E-state index in [2.05, 4.69) is 34.6 Å². The second-order valence-corrected chi connectivity index (χ2v) is 5.67. The molecule has 1 aromatic heterocycles. The summed E-state index contributed by atoms with van der Waals surface area (Å²) in [7, 11) is 0. The Kier molecular flexibility index (Phi) is 3.73. The number of aryl methyl sites for hydroxylation is 2. The fourth-order valence-corrected chi connectivity index (χ4v) is 2.79. The van der Waals surface area contributed by atoms with E-state index in [-0.39, 0.29) is 11.8 Å². The summed E-state index contributed by atoms with van der Waals surface area (Å²) in [6.07, 6.45) is 2.65. The molecule has 1 aliphatic carbocycles. The summed E-state index contributed by atoms with van der Waals surface area (Å²) in [6, 6.07) is 8.33. The van der Waals surface area contributed by atoms with E-state index in [0.29, 0.717) is 19.0 Å². The number of amides is 1. The second-order valence-electron chi connectivity index (χ2n) is 5.67. The van der Waals surface area contributed by atoms with Crippen molar-refractivity contribution in [2.24, 2.45) is 5.92 Å². The van der Waals surface area contributed by atoms with Gasteiger partial charge in [0, 0.05) is 19.0 Å². The first kappa shape index (κ1) is 13.8. The Hall–Kier alpha value is -2.17. The molecule has 0 saturated heterocycles. The van der Waals surface area contributed by atoms with Crippen LogP contribution in [0.25, 0.3) is 0 Å². The molecule has 1 saturated carbocycles. The third kappa shape index (κ3) is 2.96. The van der Waals surface area contributed by atoms with Gasteiger partial charge in [-0.05, 0) is 37.3 Å². The Morgan fingerprint density at radius 1 is 1.38 bits per heavy atom. The summed E-state index contributed by atoms with van der Waals surface area (Å²) in [5.41, 5.74) is 2.59. The van der Waals surface area contributed by atoms with Gasteiger partial charge in [0.1, 0.15) is 12.2 Å². The fourth-order valence-electron chi connectivity index (χ4n) is 2.79. The minimum atomic E-state index is 0.133. The number of hydrogen-bond donors (Lipinski definition) is 1. The van der Waals surface area contributed by atoms with Gasteiger partial charge in [0.2, 0.25) is 5.91 Å². The maximum atomic E-state index is 12.2. The van der Waals surface area contributed by atoms with E-state index >= 15 is 0 Å². The van der Waals surface area contributed by atoms with Crippen LogP contribution in [0.4, 0.5) is 0 Å². The second kappa shape index (κ2) is 5.68. The van der Waals surface area contributed by atoms with Crippen molar-refractivity contribution in [1.29, 1.82) is 0 Å². The number of hydrogen-bond acceptors (Lipinski definition) is 3. The molecule has 110 valence electrons. The Balaban J connectivity index is 1.50. The van der Waals surface area contributed by atoms with Crippen LogP contribution in [-0.2, 0) is 11.3 Å². The first-order valence-corrected chi connectivity index (χ1v) is 7.34. The van der Waals surface area contributed by atoms with Crippen molar-refractivity contribution in [2.45, 2.75) is 32.7 Å². The minimum absolute atomic E-state index is 0.133. The van der Waals surface area contributed by atoms with Crippen LogP contribution in [0.5, 0.6) is 0 Å². The smallest absolute Gasteiger partial charge is 0.223 e. The van der Waals surface area contributed by atoms with E-state index in [0.717, 1.165) is 12.2 Å². The number of carbonyl (C=O) groups is 1. The molecule has 0 spiro atoms. The van der Waals surface area contributed by atoms with Crippen LogP contribution in [0.1, 0.15) is 29.3 Å². The molecule has 0 radical (unpaired) electrons. The highest BCUT2D eigenvalue weighted by Crippen LogP contribution is 2.48. The lowest BCUT2D eigenvalue weighted by atomic mass is 10.0. The van der Waals surface area contributed by atoms with Crippen LogP contribution in [0, 0.1) is 19.8 Å². The number of carbonyl (C=O) groups excluding carboxylic acids is 1. The first-order valence-electron chi connectivity index (χ1n) is 7.34. The molecule has 1 aliphatic rings. The zero-order chi connectivity index (χ0) is 14.8. The van der Waals surface area contributed by atoms with Crippen LogP contribution in [0.3, 0.4) is 0 Å². The van der Waals surface area contributed by atoms with E-state index in [1.807, 2.05) is 23.6 Å². The Bertz CT molecular complexity index is 649. The molecule has 0 aliphatic heterocycles. The maximum absolute atomic E-state index is 12.2. The average Bonchev–Trinajstić information content (AvgIpc) is 3.17. The molecule has 0 bridgehead atoms. The number of nitrogens with one attached hydrogen (secondary N) is 1. The maximum Gasteiger partial charge on any atom is 0.223 e. The highest BCUT2D eigenvalue weighted by atomic mass is 16.2. The Labute approximate surface area is 124 Å². The highest BCUT2D eigenvalue weighted by Gasteiger charge is 2.44. The lowest BCUT2D eigenvalue weighted by Gasteiger charge is -2.07. The predicted molar refractivity (Wildman–Crippen MR) is 79.8 cm³/mol. The van der Waals surface area contributed by atoms with Crippen LogP contribution in [0.15, 0.2) is 30.6 Å². The van der Waals surface area contributed by atoms with Crippen molar-refractivity contribution in [2.75, 3.05) is 6.54 Å². The normalized spacial score (nSPS) is 20.3. The molecule has 5 nitrogen and oxygen atoms in total. The molecule has 1 amide bonds. The average molecular weight is 284 g/mol. The van der Waals surface area contributed by atoms with Crippen LogP contribution < -0.4 is 5.32 Å². The number of rotatable bonds is 5. The minimum Gasteiger partial charge on any atom is -0.354 e. The summed E-state index contributed by atoms with van der Waals surface area (Å²) in [4.78, 5) is 12.2. The SMILES string of the molecule is Cc1ccccc1C1CC1C(=O)NCCn1cnnc1C. The number of benzene rings is 1. The monoisotopic (exact) mass is 284 g/mol. The van der Waals surface area contributed by atoms with E-state index < -0.39 is 0 Å². The summed E-state index contributed by atoms with van der Waals surface area (Å²) >= 11 is 0. The number of nitrogens with zero attached hydrogens (tertiary/aromatic N) is 3. The van der Waals surface area contributed by atoms with Crippen LogP contribution in [-0.4, -0.2) is 27.2 Å². The van der Waals surface area contributed by atoms with Crippen molar-refractivity contribution in [3.8, 4) is 0 Å². The standard InChI is InChI=1S/C16H20N4O/c1-11-5-3-4-6-13(11)14-9-15(14)16(21)17-7-8-20-10-18-19-12(20)2/h3-6,10,14-15H,7-9H2,1-2H3,(H,17,21). The van der Waals surface area contributed by atoms with Gasteiger partial charge in [-0.25, -0.2) is 0 Å². The molecule has 5 heteroatoms. The third-order valence-electron chi connectivity index (χ3n) is 4.18. The molecule has 2 aromatic rings. The van der Waals surface area contributed by atoms with Gasteiger partial charge in [-0.2, -0.15) is 0 Å². The zero-order valence-electron chi connectivity index (χ0n) is 12.4. The van der Waals surface area contributed by atoms with Crippen molar-refractivity contribution in [3.63, 3.8) is 0 Å². The van der Waals surface area contributed by atoms with E-state index in [1.165, 1.54) is 11.1 Å². The highest BCUT2D eigenvalue weighted by molar-refractivity contribution is 5.83. The van der Waals surface area contributed by atoms with Crippen molar-refractivity contribution in [3.05, 3.63) is 47.5 Å². The summed E-state index contributed by atoms with van der Waals surface area (Å²) in [5, 5.41) is 10.8. The Morgan fingerprint density at radius 2 is 2.19 bits per heavy atom. The molecule has 21 heavy (non-hydrogen) atoms. The predicted octanol–water partition coefficient (Wildman–Crippen LogP) is 1.81. The molecule has 1 N–H and O–H groups in total. The lowest BCUT2D eigenvalue weighted by Crippen LogP contribution is -2.29. The quantitative estimate of drug-likeness (QED) is 0.911. The molecule has 1 aromatic carbocycles. The first-order chi connectivity index (χ1) is 10.2. The van der Waals surface area contributed by atoms with Crippen molar-refractivity contribution >= 4 is 5.91 Å². The Morgan fingerprint density at radius 3 is 2.90 bits per heavy atom. The van der Waals surface area contributed by atoms with Gasteiger partial charge in [0.25, 0.3) is 0 Å². The molecule has 1 fully saturated rings. The van der Waals surface area contributed by atoms with Crippen LogP contribution in [0.2, 0.25) is 0 Å². The summed E-state index contributed by atoms with van der Waals surface area (Å²) in [6.45, 7) is 5.35. The van der Waals surface area contributed by atoms with Gasteiger partial charge in [0.05, 0.1) is 0 Å². The van der Waals surface area contributed by atoms with E-state index in [1.54, 1.807) is 6.33 Å². The molecule has 2 atom stereocenters. The van der Waals surface area contributed by atoms with Gasteiger partial charge < -0.3 is 9.88 Å². The summed E-state index contributed by atoms with van der Waals surface area (Å²) < 4.78 is 1.94. The molecular weight excluding hydrogens is 264 g/mol. The van der Waals surface area contributed by atoms with E-state index in [9.17, 15) is 4.79 Å². The molecular formula is C16H20N4O. The van der Waals surface area contributed by atoms with Gasteiger partial charge in [0.15, 0.2) is 0 Å². The van der Waals surface area contributed by atoms with Gasteiger partial charge in [-0.15, -0.1) is 10.2 Å². The molecule has 2 unspecified atom stereocenters. The van der Waals surface area contributed by atoms with Gasteiger partial charge in [-0.1, -0.05) is 24.3 Å². The van der Waals surface area contributed by atoms with Crippen LogP contribution >= 0.6 is 0 Å². The largest absolute Gasteiger partial charge is 0.354 e. The molecule has 3 rings (SSSR count). The lowest BCUT2D eigenvalue weighted by molar-refractivity contribution is -0.122. The van der Waals surface area contributed by atoms with Gasteiger partial charge in [-0.3, -0.25) is 4.79 Å². The fraction of sp³-hybridized carbons (Fsp3) is 0.438. The third-order valence-corrected chi connectivity index (χ3v) is 4.18. The topological polar surface area (TPSA) is 59.8 Å². The molecule has 1 heterocycles. The van der Waals surface area contributed by atoms with E-state index in [4.69, 9.17) is 0 Å². The number of aromatic nitrogens is 3. The van der Waals surface area contributed by atoms with Gasteiger partial charge >= 0.3 is 0 Å². The van der Waals surface area contributed by atoms with Crippen molar-refractivity contribution in [1.82, 2.24) is 20.1 Å². The van der Waals surface area contributed by atoms with Crippen molar-refractivity contribution < 1.29 is 4.79 Å².